The summed E-state index contributed by atoms with van der Waals surface area (Å²) in [6.45, 7) is 3.65. The van der Waals surface area contributed by atoms with E-state index < -0.39 is 17.9 Å². The molecule has 0 atom stereocenters. The van der Waals surface area contributed by atoms with Crippen molar-refractivity contribution in [2.45, 2.75) is 13.8 Å². The van der Waals surface area contributed by atoms with Gasteiger partial charge in [-0.15, -0.1) is 0 Å². The maximum atomic E-state index is 10.2. The average Bonchev–Trinajstić information content (AvgIpc) is 2.82. The van der Waals surface area contributed by atoms with Crippen LogP contribution in [0.5, 0.6) is 0 Å². The van der Waals surface area contributed by atoms with Crippen molar-refractivity contribution >= 4 is 23.9 Å². The van der Waals surface area contributed by atoms with Crippen molar-refractivity contribution in [1.82, 2.24) is 0 Å². The molecule has 0 saturated carbocycles. The van der Waals surface area contributed by atoms with Gasteiger partial charge in [-0.2, -0.15) is 0 Å². The summed E-state index contributed by atoms with van der Waals surface area (Å²) in [6, 6.07) is 24.9. The van der Waals surface area contributed by atoms with E-state index >= 15 is 0 Å². The van der Waals surface area contributed by atoms with E-state index in [2.05, 4.69) is 4.74 Å². The number of esters is 1. The first-order chi connectivity index (χ1) is 15.7. The summed E-state index contributed by atoms with van der Waals surface area (Å²) in [4.78, 5) is 40.4. The molecule has 0 spiro atoms. The van der Waals surface area contributed by atoms with Gasteiger partial charge in [0.1, 0.15) is 0 Å². The number of hydrogen-bond acceptors (Lipinski definition) is 5. The Hall–Kier alpha value is -4.46. The van der Waals surface area contributed by atoms with E-state index in [9.17, 15) is 19.2 Å². The predicted octanol–water partition coefficient (Wildman–Crippen LogP) is 4.72. The highest BCUT2D eigenvalue weighted by atomic mass is 16.5. The standard InChI is InChI=1S/3C7H6O2.C4H8O2/c3*8-7(9)6-4-2-1-3-5-6;1-3-6-4(2)5/h3*1-5H,(H,8,9);3H2,1-2H3. The normalized spacial score (nSPS) is 8.67. The van der Waals surface area contributed by atoms with E-state index in [0.29, 0.717) is 23.3 Å². The van der Waals surface area contributed by atoms with Crippen molar-refractivity contribution in [3.63, 3.8) is 0 Å². The zero-order valence-corrected chi connectivity index (χ0v) is 18.3. The van der Waals surface area contributed by atoms with Gasteiger partial charge in [-0.05, 0) is 43.3 Å². The third-order valence-electron chi connectivity index (χ3n) is 3.41. The van der Waals surface area contributed by atoms with Crippen LogP contribution in [0.3, 0.4) is 0 Å². The van der Waals surface area contributed by atoms with Crippen LogP contribution in [-0.2, 0) is 9.53 Å². The molecule has 0 bridgehead atoms. The monoisotopic (exact) mass is 454 g/mol. The molecule has 0 saturated heterocycles. The molecule has 8 heteroatoms. The van der Waals surface area contributed by atoms with Crippen molar-refractivity contribution in [1.29, 1.82) is 0 Å². The number of ether oxygens (including phenoxy) is 1. The molecule has 0 aliphatic rings. The largest absolute Gasteiger partial charge is 0.478 e. The molecule has 0 aliphatic heterocycles. The third kappa shape index (κ3) is 15.1. The molecule has 3 rings (SSSR count). The predicted molar refractivity (Wildman–Crippen MR) is 123 cm³/mol. The quantitative estimate of drug-likeness (QED) is 0.481. The molecule has 0 heterocycles. The summed E-state index contributed by atoms with van der Waals surface area (Å²) >= 11 is 0. The minimum Gasteiger partial charge on any atom is -0.478 e. The molecule has 0 aromatic heterocycles. The lowest BCUT2D eigenvalue weighted by Crippen LogP contribution is -1.95. The highest BCUT2D eigenvalue weighted by Crippen LogP contribution is 1.97. The van der Waals surface area contributed by atoms with Crippen LogP contribution in [0.25, 0.3) is 0 Å². The molecule has 0 radical (unpaired) electrons. The number of carboxylic acids is 3. The van der Waals surface area contributed by atoms with Gasteiger partial charge in [0.2, 0.25) is 0 Å². The topological polar surface area (TPSA) is 138 Å². The Morgan fingerprint density at radius 1 is 0.576 bits per heavy atom. The van der Waals surface area contributed by atoms with Crippen LogP contribution in [-0.4, -0.2) is 45.8 Å². The first kappa shape index (κ1) is 28.5. The fourth-order valence-corrected chi connectivity index (χ4v) is 1.95. The molecule has 174 valence electrons. The molecule has 33 heavy (non-hydrogen) atoms. The Kier molecular flexibility index (Phi) is 14.9. The summed E-state index contributed by atoms with van der Waals surface area (Å²) < 4.78 is 4.40. The Labute approximate surface area is 191 Å². The van der Waals surface area contributed by atoms with Gasteiger partial charge >= 0.3 is 23.9 Å². The maximum absolute atomic E-state index is 10.2. The minimum atomic E-state index is -0.879. The highest BCUT2D eigenvalue weighted by Gasteiger charge is 1.98. The van der Waals surface area contributed by atoms with Crippen LogP contribution in [0, 0.1) is 0 Å². The zero-order valence-electron chi connectivity index (χ0n) is 18.3. The van der Waals surface area contributed by atoms with Crippen LogP contribution >= 0.6 is 0 Å². The molecule has 0 unspecified atom stereocenters. The van der Waals surface area contributed by atoms with Crippen molar-refractivity contribution in [2.24, 2.45) is 0 Å². The maximum Gasteiger partial charge on any atom is 0.335 e. The van der Waals surface area contributed by atoms with Crippen LogP contribution in [0.1, 0.15) is 44.9 Å². The van der Waals surface area contributed by atoms with Gasteiger partial charge < -0.3 is 20.1 Å². The van der Waals surface area contributed by atoms with Gasteiger partial charge in [-0.1, -0.05) is 54.6 Å². The van der Waals surface area contributed by atoms with Gasteiger partial charge in [0.05, 0.1) is 23.3 Å². The highest BCUT2D eigenvalue weighted by molar-refractivity contribution is 5.88. The number of rotatable bonds is 4. The Bertz CT molecular complexity index is 853. The lowest BCUT2D eigenvalue weighted by Gasteiger charge is -1.89. The molecule has 0 fully saturated rings. The molecule has 3 N–H and O–H groups in total. The summed E-state index contributed by atoms with van der Waals surface area (Å²) in [5.41, 5.74) is 0.993. The Morgan fingerprint density at radius 3 is 0.909 bits per heavy atom. The van der Waals surface area contributed by atoms with Crippen molar-refractivity contribution < 1.29 is 39.2 Å². The first-order valence-electron chi connectivity index (χ1n) is 9.67. The number of carboxylic acid groups (broad SMARTS) is 3. The van der Waals surface area contributed by atoms with Crippen LogP contribution in [0.15, 0.2) is 91.0 Å². The number of carbonyl (C=O) groups is 4. The Morgan fingerprint density at radius 2 is 0.818 bits per heavy atom. The smallest absolute Gasteiger partial charge is 0.335 e. The second kappa shape index (κ2) is 17.2. The van der Waals surface area contributed by atoms with Gasteiger partial charge in [0.15, 0.2) is 0 Å². The SMILES string of the molecule is CCOC(C)=O.O=C(O)c1ccccc1.O=C(O)c1ccccc1.O=C(O)c1ccccc1. The number of benzene rings is 3. The van der Waals surface area contributed by atoms with E-state index in [-0.39, 0.29) is 5.97 Å². The molecular weight excluding hydrogens is 428 g/mol. The Balaban J connectivity index is 0.000000419. The first-order valence-corrected chi connectivity index (χ1v) is 9.67. The zero-order chi connectivity index (χ0) is 25.1. The molecule has 3 aromatic carbocycles. The number of carbonyl (C=O) groups excluding carboxylic acids is 1. The van der Waals surface area contributed by atoms with Crippen LogP contribution < -0.4 is 0 Å². The molecule has 0 aliphatic carbocycles. The summed E-state index contributed by atoms with van der Waals surface area (Å²) in [6.07, 6.45) is 0. The second-order valence-corrected chi connectivity index (χ2v) is 5.94. The lowest BCUT2D eigenvalue weighted by atomic mass is 10.2. The van der Waals surface area contributed by atoms with E-state index in [1.165, 1.54) is 6.92 Å². The molecule has 8 nitrogen and oxygen atoms in total. The van der Waals surface area contributed by atoms with E-state index in [4.69, 9.17) is 15.3 Å². The van der Waals surface area contributed by atoms with Crippen molar-refractivity contribution in [3.8, 4) is 0 Å². The second-order valence-electron chi connectivity index (χ2n) is 5.94. The average molecular weight is 454 g/mol. The fraction of sp³-hybridized carbons (Fsp3) is 0.120. The minimum absolute atomic E-state index is 0.211. The third-order valence-corrected chi connectivity index (χ3v) is 3.41. The summed E-state index contributed by atoms with van der Waals surface area (Å²) in [7, 11) is 0. The van der Waals surface area contributed by atoms with Gasteiger partial charge in [-0.3, -0.25) is 4.79 Å². The summed E-state index contributed by atoms with van der Waals surface area (Å²) in [5.74, 6) is -2.85. The van der Waals surface area contributed by atoms with Gasteiger partial charge in [0.25, 0.3) is 0 Å². The van der Waals surface area contributed by atoms with Crippen molar-refractivity contribution in [2.75, 3.05) is 6.61 Å². The van der Waals surface area contributed by atoms with Crippen LogP contribution in [0.4, 0.5) is 0 Å². The number of aromatic carboxylic acids is 3. The molecule has 0 amide bonds. The number of hydrogen-bond donors (Lipinski definition) is 3. The van der Waals surface area contributed by atoms with Gasteiger partial charge in [0, 0.05) is 6.92 Å². The van der Waals surface area contributed by atoms with E-state index in [1.807, 2.05) is 0 Å². The van der Waals surface area contributed by atoms with E-state index in [0.717, 1.165) is 0 Å². The molecular formula is C25H26O8. The lowest BCUT2D eigenvalue weighted by molar-refractivity contribution is -0.140. The van der Waals surface area contributed by atoms with E-state index in [1.54, 1.807) is 97.9 Å². The molecule has 3 aromatic rings. The van der Waals surface area contributed by atoms with Crippen LogP contribution in [0.2, 0.25) is 0 Å². The van der Waals surface area contributed by atoms with Gasteiger partial charge in [-0.25, -0.2) is 14.4 Å². The fourth-order valence-electron chi connectivity index (χ4n) is 1.95. The van der Waals surface area contributed by atoms with Crippen molar-refractivity contribution in [3.05, 3.63) is 108 Å². The summed E-state index contributed by atoms with van der Waals surface area (Å²) in [5, 5.41) is 25.2.